The van der Waals surface area contributed by atoms with Gasteiger partial charge in [0.05, 0.1) is 11.4 Å². The Morgan fingerprint density at radius 3 is 2.81 bits per heavy atom. The zero-order valence-electron chi connectivity index (χ0n) is 10.7. The zero-order valence-corrected chi connectivity index (χ0v) is 10.7. The van der Waals surface area contributed by atoms with E-state index in [1.807, 2.05) is 18.7 Å². The van der Waals surface area contributed by atoms with Crippen molar-refractivity contribution in [2.24, 2.45) is 13.0 Å². The van der Waals surface area contributed by atoms with Gasteiger partial charge in [0, 0.05) is 19.6 Å². The van der Waals surface area contributed by atoms with Gasteiger partial charge in [-0.3, -0.25) is 4.68 Å². The van der Waals surface area contributed by atoms with Crippen LogP contribution in [0.3, 0.4) is 0 Å². The van der Waals surface area contributed by atoms with E-state index in [-0.39, 0.29) is 0 Å². The Kier molecular flexibility index (Phi) is 3.64. The molecule has 1 aliphatic carbocycles. The van der Waals surface area contributed by atoms with Crippen LogP contribution in [0, 0.1) is 12.8 Å². The molecule has 0 saturated heterocycles. The minimum Gasteiger partial charge on any atom is -0.308 e. The van der Waals surface area contributed by atoms with Crippen LogP contribution in [0.15, 0.2) is 6.07 Å². The van der Waals surface area contributed by atoms with E-state index in [0.717, 1.165) is 18.2 Å². The standard InChI is InChI=1S/C13H23N3/c1-10-6-4-5-7-13(10)14-9-12-8-11(2)15-16(12)3/h8,10,13-14H,4-7,9H2,1-3H3. The van der Waals surface area contributed by atoms with E-state index < -0.39 is 0 Å². The fourth-order valence-corrected chi connectivity index (χ4v) is 2.68. The van der Waals surface area contributed by atoms with Crippen LogP contribution in [0.25, 0.3) is 0 Å². The van der Waals surface area contributed by atoms with Gasteiger partial charge in [-0.25, -0.2) is 0 Å². The summed E-state index contributed by atoms with van der Waals surface area (Å²) in [5.74, 6) is 0.822. The number of hydrogen-bond acceptors (Lipinski definition) is 2. The van der Waals surface area contributed by atoms with E-state index in [9.17, 15) is 0 Å². The predicted octanol–water partition coefficient (Wildman–Crippen LogP) is 2.40. The lowest BCUT2D eigenvalue weighted by Crippen LogP contribution is -2.37. The van der Waals surface area contributed by atoms with Gasteiger partial charge < -0.3 is 5.32 Å². The Morgan fingerprint density at radius 2 is 2.19 bits per heavy atom. The maximum atomic E-state index is 4.37. The number of hydrogen-bond donors (Lipinski definition) is 1. The van der Waals surface area contributed by atoms with Gasteiger partial charge in [-0.15, -0.1) is 0 Å². The molecule has 3 nitrogen and oxygen atoms in total. The van der Waals surface area contributed by atoms with Crippen LogP contribution in [0.2, 0.25) is 0 Å². The van der Waals surface area contributed by atoms with E-state index in [4.69, 9.17) is 0 Å². The van der Waals surface area contributed by atoms with Crippen molar-refractivity contribution in [1.82, 2.24) is 15.1 Å². The second-order valence-electron chi connectivity index (χ2n) is 5.15. The quantitative estimate of drug-likeness (QED) is 0.849. The molecule has 2 rings (SSSR count). The third-order valence-corrected chi connectivity index (χ3v) is 3.76. The third-order valence-electron chi connectivity index (χ3n) is 3.76. The van der Waals surface area contributed by atoms with Gasteiger partial charge in [0.15, 0.2) is 0 Å². The van der Waals surface area contributed by atoms with Crippen LogP contribution in [0.1, 0.15) is 44.0 Å². The Morgan fingerprint density at radius 1 is 1.44 bits per heavy atom. The number of nitrogens with zero attached hydrogens (tertiary/aromatic N) is 2. The highest BCUT2D eigenvalue weighted by molar-refractivity contribution is 5.08. The average Bonchev–Trinajstić information content (AvgIpc) is 2.56. The Hall–Kier alpha value is -0.830. The Balaban J connectivity index is 1.89. The van der Waals surface area contributed by atoms with Crippen molar-refractivity contribution >= 4 is 0 Å². The summed E-state index contributed by atoms with van der Waals surface area (Å²) in [6.07, 6.45) is 5.50. The molecule has 90 valence electrons. The first-order chi connectivity index (χ1) is 7.66. The highest BCUT2D eigenvalue weighted by Crippen LogP contribution is 2.23. The van der Waals surface area contributed by atoms with Gasteiger partial charge in [-0.2, -0.15) is 5.10 Å². The molecule has 0 bridgehead atoms. The average molecular weight is 221 g/mol. The van der Waals surface area contributed by atoms with Crippen LogP contribution in [-0.4, -0.2) is 15.8 Å². The summed E-state index contributed by atoms with van der Waals surface area (Å²) in [4.78, 5) is 0. The molecule has 16 heavy (non-hydrogen) atoms. The SMILES string of the molecule is Cc1cc(CNC2CCCCC2C)n(C)n1. The van der Waals surface area contributed by atoms with Gasteiger partial charge in [0.25, 0.3) is 0 Å². The summed E-state index contributed by atoms with van der Waals surface area (Å²) < 4.78 is 1.98. The first-order valence-electron chi connectivity index (χ1n) is 6.39. The van der Waals surface area contributed by atoms with E-state index in [1.165, 1.54) is 31.4 Å². The second kappa shape index (κ2) is 5.00. The first-order valence-corrected chi connectivity index (χ1v) is 6.39. The van der Waals surface area contributed by atoms with Gasteiger partial charge in [0.2, 0.25) is 0 Å². The minimum absolute atomic E-state index is 0.698. The van der Waals surface area contributed by atoms with Crippen molar-refractivity contribution in [3.63, 3.8) is 0 Å². The maximum Gasteiger partial charge on any atom is 0.0597 e. The summed E-state index contributed by atoms with van der Waals surface area (Å²) in [6, 6.07) is 2.87. The Bertz CT molecular complexity index is 343. The fraction of sp³-hybridized carbons (Fsp3) is 0.769. The van der Waals surface area contributed by atoms with Gasteiger partial charge in [-0.1, -0.05) is 19.8 Å². The molecule has 1 aromatic rings. The molecule has 1 N–H and O–H groups in total. The van der Waals surface area contributed by atoms with E-state index in [0.29, 0.717) is 6.04 Å². The zero-order chi connectivity index (χ0) is 11.5. The van der Waals surface area contributed by atoms with Crippen LogP contribution >= 0.6 is 0 Å². The highest BCUT2D eigenvalue weighted by atomic mass is 15.3. The topological polar surface area (TPSA) is 29.9 Å². The van der Waals surface area contributed by atoms with Crippen molar-refractivity contribution in [3.8, 4) is 0 Å². The molecule has 0 aromatic carbocycles. The van der Waals surface area contributed by atoms with Crippen molar-refractivity contribution in [2.75, 3.05) is 0 Å². The van der Waals surface area contributed by atoms with Crippen molar-refractivity contribution < 1.29 is 0 Å². The van der Waals surface area contributed by atoms with E-state index >= 15 is 0 Å². The largest absolute Gasteiger partial charge is 0.308 e. The molecular weight excluding hydrogens is 198 g/mol. The second-order valence-corrected chi connectivity index (χ2v) is 5.15. The molecule has 0 amide bonds. The molecule has 1 aliphatic rings. The molecule has 0 aliphatic heterocycles. The molecule has 2 atom stereocenters. The predicted molar refractivity (Wildman–Crippen MR) is 66.2 cm³/mol. The lowest BCUT2D eigenvalue weighted by atomic mass is 9.86. The third kappa shape index (κ3) is 2.64. The van der Waals surface area contributed by atoms with E-state index in [2.05, 4.69) is 23.4 Å². The number of aromatic nitrogens is 2. The summed E-state index contributed by atoms with van der Waals surface area (Å²) in [5.41, 5.74) is 2.39. The lowest BCUT2D eigenvalue weighted by molar-refractivity contribution is 0.277. The number of nitrogens with one attached hydrogen (secondary N) is 1. The number of rotatable bonds is 3. The maximum absolute atomic E-state index is 4.37. The summed E-state index contributed by atoms with van der Waals surface area (Å²) >= 11 is 0. The van der Waals surface area contributed by atoms with Crippen molar-refractivity contribution in [3.05, 3.63) is 17.5 Å². The number of aryl methyl sites for hydroxylation is 2. The molecule has 3 heteroatoms. The summed E-state index contributed by atoms with van der Waals surface area (Å²) in [6.45, 7) is 5.37. The smallest absolute Gasteiger partial charge is 0.0597 e. The van der Waals surface area contributed by atoms with E-state index in [1.54, 1.807) is 0 Å². The summed E-state index contributed by atoms with van der Waals surface area (Å²) in [7, 11) is 2.02. The molecule has 1 saturated carbocycles. The van der Waals surface area contributed by atoms with Gasteiger partial charge in [0.1, 0.15) is 0 Å². The van der Waals surface area contributed by atoms with Crippen LogP contribution in [0.4, 0.5) is 0 Å². The summed E-state index contributed by atoms with van der Waals surface area (Å²) in [5, 5.41) is 8.05. The lowest BCUT2D eigenvalue weighted by Gasteiger charge is -2.29. The van der Waals surface area contributed by atoms with Gasteiger partial charge in [-0.05, 0) is 31.7 Å². The van der Waals surface area contributed by atoms with Crippen LogP contribution in [0.5, 0.6) is 0 Å². The molecular formula is C13H23N3. The van der Waals surface area contributed by atoms with Crippen molar-refractivity contribution in [2.45, 2.75) is 52.1 Å². The van der Waals surface area contributed by atoms with Crippen LogP contribution in [-0.2, 0) is 13.6 Å². The Labute approximate surface area is 98.2 Å². The fourth-order valence-electron chi connectivity index (χ4n) is 2.68. The van der Waals surface area contributed by atoms with Gasteiger partial charge >= 0.3 is 0 Å². The first kappa shape index (κ1) is 11.6. The molecule has 0 radical (unpaired) electrons. The van der Waals surface area contributed by atoms with Crippen LogP contribution < -0.4 is 5.32 Å². The molecule has 2 unspecified atom stereocenters. The molecule has 0 spiro atoms. The normalized spacial score (nSPS) is 25.9. The molecule has 1 heterocycles. The van der Waals surface area contributed by atoms with Crippen molar-refractivity contribution in [1.29, 1.82) is 0 Å². The molecule has 1 aromatic heterocycles. The monoisotopic (exact) mass is 221 g/mol. The highest BCUT2D eigenvalue weighted by Gasteiger charge is 2.20. The molecule has 1 fully saturated rings. The minimum atomic E-state index is 0.698.